The predicted molar refractivity (Wildman–Crippen MR) is 102 cm³/mol. The van der Waals surface area contributed by atoms with Gasteiger partial charge in [-0.25, -0.2) is 8.42 Å². The molecule has 0 bridgehead atoms. The lowest BCUT2D eigenvalue weighted by atomic mass is 9.85. The third-order valence-electron chi connectivity index (χ3n) is 5.92. The number of hydrogen-bond acceptors (Lipinski definition) is 3. The number of aldehydes is 1. The van der Waals surface area contributed by atoms with Crippen LogP contribution in [0.5, 0.6) is 0 Å². The number of piperidine rings is 1. The van der Waals surface area contributed by atoms with Crippen LogP contribution < -0.4 is 0 Å². The van der Waals surface area contributed by atoms with Crippen molar-refractivity contribution >= 4 is 27.2 Å². The number of carbonyl (C=O) groups excluding carboxylic acids is 1. The molecule has 0 unspecified atom stereocenters. The minimum absolute atomic E-state index is 0.296. The molecule has 6 heteroatoms. The van der Waals surface area contributed by atoms with E-state index in [1.807, 2.05) is 6.07 Å². The molecular formula is C20H26N2O3S. The summed E-state index contributed by atoms with van der Waals surface area (Å²) in [4.78, 5) is 15.5. The van der Waals surface area contributed by atoms with Crippen LogP contribution >= 0.6 is 0 Å². The minimum atomic E-state index is -3.49. The third kappa shape index (κ3) is 3.09. The Hall–Kier alpha value is -1.66. The average Bonchev–Trinajstić information content (AvgIpc) is 3.07. The van der Waals surface area contributed by atoms with Crippen LogP contribution in [0.2, 0.25) is 0 Å². The standard InChI is InChI=1S/C20H26N2O3S/c23-14-18-17-13-16(26(24,25)22-11-5-2-6-12-22)9-10-19(17)21-20(18)15-7-3-1-4-8-15/h9-10,13-15,21H,1-8,11-12H2. The van der Waals surface area contributed by atoms with Gasteiger partial charge in [0.2, 0.25) is 10.0 Å². The summed E-state index contributed by atoms with van der Waals surface area (Å²) < 4.78 is 27.5. The molecule has 0 amide bonds. The summed E-state index contributed by atoms with van der Waals surface area (Å²) in [6.45, 7) is 1.17. The molecule has 1 aromatic heterocycles. The number of fused-ring (bicyclic) bond motifs is 1. The number of rotatable bonds is 4. The van der Waals surface area contributed by atoms with E-state index in [-0.39, 0.29) is 0 Å². The molecule has 140 valence electrons. The van der Waals surface area contributed by atoms with Crippen LogP contribution in [0.3, 0.4) is 0 Å². The molecule has 2 aromatic rings. The number of benzene rings is 1. The van der Waals surface area contributed by atoms with Crippen LogP contribution in [0.15, 0.2) is 23.1 Å². The number of H-pyrrole nitrogens is 1. The Morgan fingerprint density at radius 1 is 1.00 bits per heavy atom. The average molecular weight is 375 g/mol. The van der Waals surface area contributed by atoms with E-state index in [4.69, 9.17) is 0 Å². The smallest absolute Gasteiger partial charge is 0.243 e. The van der Waals surface area contributed by atoms with Gasteiger partial charge in [0, 0.05) is 35.2 Å². The number of carbonyl (C=O) groups is 1. The number of aromatic nitrogens is 1. The van der Waals surface area contributed by atoms with E-state index in [2.05, 4.69) is 4.98 Å². The van der Waals surface area contributed by atoms with E-state index in [1.54, 1.807) is 16.4 Å². The highest BCUT2D eigenvalue weighted by Gasteiger charge is 2.27. The van der Waals surface area contributed by atoms with E-state index >= 15 is 0 Å². The summed E-state index contributed by atoms with van der Waals surface area (Å²) in [6, 6.07) is 5.17. The maximum absolute atomic E-state index is 13.0. The van der Waals surface area contributed by atoms with Crippen molar-refractivity contribution in [1.82, 2.24) is 9.29 Å². The summed E-state index contributed by atoms with van der Waals surface area (Å²) >= 11 is 0. The van der Waals surface area contributed by atoms with Gasteiger partial charge in [-0.1, -0.05) is 25.7 Å². The van der Waals surface area contributed by atoms with Crippen molar-refractivity contribution in [2.24, 2.45) is 0 Å². The fourth-order valence-corrected chi connectivity index (χ4v) is 6.01. The number of sulfonamides is 1. The first-order valence-corrected chi connectivity index (χ1v) is 11.2. The second kappa shape index (κ2) is 7.16. The van der Waals surface area contributed by atoms with Gasteiger partial charge in [0.25, 0.3) is 0 Å². The molecule has 0 atom stereocenters. The molecule has 0 spiro atoms. The van der Waals surface area contributed by atoms with Crippen molar-refractivity contribution in [3.8, 4) is 0 Å². The Labute approximate surface area is 154 Å². The molecule has 1 aliphatic carbocycles. The normalized spacial score (nSPS) is 20.5. The van der Waals surface area contributed by atoms with E-state index < -0.39 is 10.0 Å². The van der Waals surface area contributed by atoms with Crippen LogP contribution in [-0.2, 0) is 10.0 Å². The van der Waals surface area contributed by atoms with E-state index in [9.17, 15) is 13.2 Å². The highest BCUT2D eigenvalue weighted by Crippen LogP contribution is 2.37. The van der Waals surface area contributed by atoms with Gasteiger partial charge in [-0.05, 0) is 49.8 Å². The van der Waals surface area contributed by atoms with Gasteiger partial charge in [0.05, 0.1) is 4.90 Å². The predicted octanol–water partition coefficient (Wildman–Crippen LogP) is 4.20. The van der Waals surface area contributed by atoms with Crippen LogP contribution in [0.1, 0.15) is 73.3 Å². The van der Waals surface area contributed by atoms with Gasteiger partial charge >= 0.3 is 0 Å². The molecule has 1 N–H and O–H groups in total. The molecule has 26 heavy (non-hydrogen) atoms. The van der Waals surface area contributed by atoms with Crippen molar-refractivity contribution in [2.45, 2.75) is 62.2 Å². The molecule has 2 aliphatic rings. The molecule has 2 heterocycles. The number of aromatic amines is 1. The van der Waals surface area contributed by atoms with Gasteiger partial charge in [0.15, 0.2) is 6.29 Å². The summed E-state index contributed by atoms with van der Waals surface area (Å²) in [5, 5.41) is 0.735. The van der Waals surface area contributed by atoms with E-state index in [0.29, 0.717) is 29.5 Å². The third-order valence-corrected chi connectivity index (χ3v) is 7.82. The van der Waals surface area contributed by atoms with Crippen LogP contribution in [-0.4, -0.2) is 37.1 Å². The second-order valence-electron chi connectivity index (χ2n) is 7.58. The van der Waals surface area contributed by atoms with Gasteiger partial charge in [-0.3, -0.25) is 4.79 Å². The van der Waals surface area contributed by atoms with Gasteiger partial charge in [-0.15, -0.1) is 0 Å². The van der Waals surface area contributed by atoms with Gasteiger partial charge in [-0.2, -0.15) is 4.31 Å². The zero-order chi connectivity index (χ0) is 18.1. The lowest BCUT2D eigenvalue weighted by molar-refractivity contribution is 0.112. The summed E-state index contributed by atoms with van der Waals surface area (Å²) in [7, 11) is -3.49. The van der Waals surface area contributed by atoms with Gasteiger partial charge in [0.1, 0.15) is 0 Å². The molecule has 1 aromatic carbocycles. The Morgan fingerprint density at radius 3 is 2.38 bits per heavy atom. The first-order valence-electron chi connectivity index (χ1n) is 9.72. The SMILES string of the molecule is O=Cc1c(C2CCCCC2)[nH]c2ccc(S(=O)(=O)N3CCCCC3)cc12. The van der Waals surface area contributed by atoms with Crippen molar-refractivity contribution in [2.75, 3.05) is 13.1 Å². The number of nitrogens with zero attached hydrogens (tertiary/aromatic N) is 1. The Morgan fingerprint density at radius 2 is 1.69 bits per heavy atom. The van der Waals surface area contributed by atoms with Crippen molar-refractivity contribution in [1.29, 1.82) is 0 Å². The van der Waals surface area contributed by atoms with Crippen LogP contribution in [0.4, 0.5) is 0 Å². The Balaban J connectivity index is 1.75. The fourth-order valence-electron chi connectivity index (χ4n) is 4.47. The maximum atomic E-state index is 13.0. The quantitative estimate of drug-likeness (QED) is 0.815. The van der Waals surface area contributed by atoms with Crippen LogP contribution in [0.25, 0.3) is 10.9 Å². The van der Waals surface area contributed by atoms with E-state index in [0.717, 1.165) is 55.0 Å². The monoisotopic (exact) mass is 374 g/mol. The summed E-state index contributed by atoms with van der Waals surface area (Å²) in [5.41, 5.74) is 2.48. The molecule has 2 fully saturated rings. The molecular weight excluding hydrogens is 348 g/mol. The molecule has 1 aliphatic heterocycles. The summed E-state index contributed by atoms with van der Waals surface area (Å²) in [5.74, 6) is 0.374. The highest BCUT2D eigenvalue weighted by molar-refractivity contribution is 7.89. The lowest BCUT2D eigenvalue weighted by Crippen LogP contribution is -2.35. The lowest BCUT2D eigenvalue weighted by Gasteiger charge is -2.25. The van der Waals surface area contributed by atoms with Gasteiger partial charge < -0.3 is 4.98 Å². The first kappa shape index (κ1) is 17.7. The molecule has 0 radical (unpaired) electrons. The highest BCUT2D eigenvalue weighted by atomic mass is 32.2. The van der Waals surface area contributed by atoms with Crippen molar-refractivity contribution in [3.05, 3.63) is 29.5 Å². The van der Waals surface area contributed by atoms with Crippen LogP contribution in [0, 0.1) is 0 Å². The van der Waals surface area contributed by atoms with Crippen molar-refractivity contribution in [3.63, 3.8) is 0 Å². The topological polar surface area (TPSA) is 70.2 Å². The number of nitrogens with one attached hydrogen (secondary N) is 1. The Kier molecular flexibility index (Phi) is 4.88. The van der Waals surface area contributed by atoms with E-state index in [1.165, 1.54) is 19.3 Å². The Bertz CT molecular complexity index is 905. The molecule has 1 saturated carbocycles. The zero-order valence-corrected chi connectivity index (χ0v) is 15.9. The summed E-state index contributed by atoms with van der Waals surface area (Å²) in [6.07, 6.45) is 9.61. The second-order valence-corrected chi connectivity index (χ2v) is 9.52. The zero-order valence-electron chi connectivity index (χ0n) is 15.0. The number of hydrogen-bond donors (Lipinski definition) is 1. The fraction of sp³-hybridized carbons (Fsp3) is 0.550. The molecule has 4 rings (SSSR count). The first-order chi connectivity index (χ1) is 12.6. The molecule has 1 saturated heterocycles. The van der Waals surface area contributed by atoms with Crippen molar-refractivity contribution < 1.29 is 13.2 Å². The largest absolute Gasteiger partial charge is 0.358 e. The minimum Gasteiger partial charge on any atom is -0.358 e. The molecule has 5 nitrogen and oxygen atoms in total. The maximum Gasteiger partial charge on any atom is 0.243 e.